The van der Waals surface area contributed by atoms with Crippen molar-refractivity contribution in [3.8, 4) is 17.3 Å². The predicted molar refractivity (Wildman–Crippen MR) is 115 cm³/mol. The van der Waals surface area contributed by atoms with Crippen molar-refractivity contribution in [2.75, 3.05) is 13.1 Å². The topological polar surface area (TPSA) is 100 Å². The number of H-pyrrole nitrogens is 1. The lowest BCUT2D eigenvalue weighted by atomic mass is 9.90. The lowest BCUT2D eigenvalue weighted by Crippen LogP contribution is -2.45. The summed E-state index contributed by atoms with van der Waals surface area (Å²) in [6.07, 6.45) is 3.11. The van der Waals surface area contributed by atoms with E-state index in [1.165, 1.54) is 0 Å². The first kappa shape index (κ1) is 20.0. The standard InChI is InChI=1S/C22H28N6O2/c1-4-23-21(24-12-11-19-26-20(28-27-19)18-10-7-13-29-18)25-16-14-22(2,3)30-17-9-6-5-8-15(16)17/h5-10,13,16H,4,11-12,14H2,1-3H3,(H2,23,24,25)(H,26,27,28). The van der Waals surface area contributed by atoms with Gasteiger partial charge in [-0.25, -0.2) is 4.98 Å². The van der Waals surface area contributed by atoms with Crippen molar-refractivity contribution in [1.82, 2.24) is 25.8 Å². The van der Waals surface area contributed by atoms with Crippen LogP contribution in [0.4, 0.5) is 0 Å². The highest BCUT2D eigenvalue weighted by atomic mass is 16.5. The summed E-state index contributed by atoms with van der Waals surface area (Å²) in [5.41, 5.74) is 0.909. The molecule has 8 heteroatoms. The van der Waals surface area contributed by atoms with Gasteiger partial charge in [0, 0.05) is 31.5 Å². The molecule has 1 aliphatic rings. The Morgan fingerprint density at radius 2 is 2.13 bits per heavy atom. The van der Waals surface area contributed by atoms with Gasteiger partial charge >= 0.3 is 0 Å². The van der Waals surface area contributed by atoms with Crippen molar-refractivity contribution < 1.29 is 9.15 Å². The van der Waals surface area contributed by atoms with Crippen LogP contribution in [0, 0.1) is 0 Å². The van der Waals surface area contributed by atoms with Crippen molar-refractivity contribution in [2.24, 2.45) is 4.99 Å². The first-order valence-corrected chi connectivity index (χ1v) is 10.3. The van der Waals surface area contributed by atoms with E-state index in [-0.39, 0.29) is 11.6 Å². The Morgan fingerprint density at radius 3 is 2.93 bits per heavy atom. The number of fused-ring (bicyclic) bond motifs is 1. The zero-order valence-corrected chi connectivity index (χ0v) is 17.6. The number of nitrogens with one attached hydrogen (secondary N) is 3. The quantitative estimate of drug-likeness (QED) is 0.427. The Kier molecular flexibility index (Phi) is 5.74. The Balaban J connectivity index is 1.43. The molecule has 30 heavy (non-hydrogen) atoms. The van der Waals surface area contributed by atoms with E-state index in [2.05, 4.69) is 52.7 Å². The minimum absolute atomic E-state index is 0.124. The van der Waals surface area contributed by atoms with E-state index in [0.29, 0.717) is 24.6 Å². The fraction of sp³-hybridized carbons (Fsp3) is 0.409. The number of rotatable bonds is 6. The summed E-state index contributed by atoms with van der Waals surface area (Å²) in [6, 6.07) is 12.0. The molecule has 3 N–H and O–H groups in total. The highest BCUT2D eigenvalue weighted by Crippen LogP contribution is 2.39. The van der Waals surface area contributed by atoms with Gasteiger partial charge in [-0.2, -0.15) is 5.10 Å². The molecular formula is C22H28N6O2. The van der Waals surface area contributed by atoms with Crippen LogP contribution in [0.15, 0.2) is 52.1 Å². The molecule has 0 bridgehead atoms. The van der Waals surface area contributed by atoms with Gasteiger partial charge in [0.2, 0.25) is 5.82 Å². The second kappa shape index (κ2) is 8.61. The lowest BCUT2D eigenvalue weighted by Gasteiger charge is -2.38. The molecule has 4 rings (SSSR count). The predicted octanol–water partition coefficient (Wildman–Crippen LogP) is 3.46. The van der Waals surface area contributed by atoms with E-state index >= 15 is 0 Å². The number of ether oxygens (including phenoxy) is 1. The maximum absolute atomic E-state index is 6.14. The minimum atomic E-state index is -0.245. The third kappa shape index (κ3) is 4.64. The molecule has 0 saturated heterocycles. The second-order valence-electron chi connectivity index (χ2n) is 7.89. The van der Waals surface area contributed by atoms with E-state index in [0.717, 1.165) is 36.1 Å². The summed E-state index contributed by atoms with van der Waals surface area (Å²) in [5.74, 6) is 3.69. The number of furan rings is 1. The molecule has 3 aromatic rings. The lowest BCUT2D eigenvalue weighted by molar-refractivity contribution is 0.0694. The molecular weight excluding hydrogens is 380 g/mol. The number of hydrogen-bond donors (Lipinski definition) is 3. The number of aromatic nitrogens is 3. The van der Waals surface area contributed by atoms with Gasteiger partial charge in [-0.15, -0.1) is 0 Å². The van der Waals surface area contributed by atoms with Crippen molar-refractivity contribution in [3.63, 3.8) is 0 Å². The Bertz CT molecular complexity index is 993. The number of para-hydroxylation sites is 1. The zero-order chi connectivity index (χ0) is 21.0. The summed E-state index contributed by atoms with van der Waals surface area (Å²) in [7, 11) is 0. The Labute approximate surface area is 176 Å². The highest BCUT2D eigenvalue weighted by molar-refractivity contribution is 5.80. The first-order chi connectivity index (χ1) is 14.5. The summed E-state index contributed by atoms with van der Waals surface area (Å²) in [5, 5.41) is 14.1. The summed E-state index contributed by atoms with van der Waals surface area (Å²) in [4.78, 5) is 9.21. The number of hydrogen-bond acceptors (Lipinski definition) is 5. The molecule has 2 aromatic heterocycles. The molecule has 1 aliphatic heterocycles. The van der Waals surface area contributed by atoms with Crippen molar-refractivity contribution >= 4 is 5.96 Å². The van der Waals surface area contributed by atoms with Crippen molar-refractivity contribution in [3.05, 3.63) is 54.0 Å². The summed E-state index contributed by atoms with van der Waals surface area (Å²) in [6.45, 7) is 7.65. The van der Waals surface area contributed by atoms with Gasteiger partial charge in [-0.3, -0.25) is 10.1 Å². The van der Waals surface area contributed by atoms with E-state index in [4.69, 9.17) is 14.1 Å². The third-order valence-corrected chi connectivity index (χ3v) is 4.92. The molecule has 0 fully saturated rings. The van der Waals surface area contributed by atoms with Gasteiger partial charge < -0.3 is 19.8 Å². The van der Waals surface area contributed by atoms with Gasteiger partial charge in [0.15, 0.2) is 11.7 Å². The van der Waals surface area contributed by atoms with Crippen LogP contribution in [0.1, 0.15) is 44.6 Å². The van der Waals surface area contributed by atoms with Crippen LogP contribution in [-0.4, -0.2) is 39.8 Å². The number of nitrogens with zero attached hydrogens (tertiary/aromatic N) is 3. The number of benzene rings is 1. The number of guanidine groups is 1. The molecule has 0 spiro atoms. The van der Waals surface area contributed by atoms with Crippen LogP contribution in [0.3, 0.4) is 0 Å². The van der Waals surface area contributed by atoms with Crippen LogP contribution in [0.25, 0.3) is 11.6 Å². The fourth-order valence-corrected chi connectivity index (χ4v) is 3.61. The molecule has 1 atom stereocenters. The first-order valence-electron chi connectivity index (χ1n) is 10.3. The molecule has 158 valence electrons. The highest BCUT2D eigenvalue weighted by Gasteiger charge is 2.33. The van der Waals surface area contributed by atoms with Gasteiger partial charge in [-0.1, -0.05) is 18.2 Å². The molecule has 8 nitrogen and oxygen atoms in total. The maximum Gasteiger partial charge on any atom is 0.216 e. The monoisotopic (exact) mass is 408 g/mol. The second-order valence-corrected chi connectivity index (χ2v) is 7.89. The average molecular weight is 409 g/mol. The number of aromatic amines is 1. The third-order valence-electron chi connectivity index (χ3n) is 4.92. The van der Waals surface area contributed by atoms with E-state index in [1.807, 2.05) is 30.3 Å². The Hall–Kier alpha value is -3.29. The van der Waals surface area contributed by atoms with Crippen LogP contribution >= 0.6 is 0 Å². The minimum Gasteiger partial charge on any atom is -0.487 e. The molecule has 1 unspecified atom stereocenters. The largest absolute Gasteiger partial charge is 0.487 e. The molecule has 0 saturated carbocycles. The molecule has 3 heterocycles. The van der Waals surface area contributed by atoms with E-state index in [1.54, 1.807) is 6.26 Å². The van der Waals surface area contributed by atoms with Gasteiger partial charge in [0.1, 0.15) is 17.2 Å². The fourth-order valence-electron chi connectivity index (χ4n) is 3.61. The maximum atomic E-state index is 6.14. The van der Waals surface area contributed by atoms with E-state index in [9.17, 15) is 0 Å². The zero-order valence-electron chi connectivity index (χ0n) is 17.6. The van der Waals surface area contributed by atoms with Gasteiger partial charge in [0.05, 0.1) is 12.3 Å². The van der Waals surface area contributed by atoms with Gasteiger partial charge in [0.25, 0.3) is 0 Å². The number of aliphatic imine (C=N–C) groups is 1. The van der Waals surface area contributed by atoms with Crippen molar-refractivity contribution in [1.29, 1.82) is 0 Å². The SMILES string of the molecule is CCNC(=NCCc1nc(-c2ccco2)n[nH]1)NC1CC(C)(C)Oc2ccccc21. The van der Waals surface area contributed by atoms with E-state index < -0.39 is 0 Å². The molecule has 0 aliphatic carbocycles. The molecule has 0 amide bonds. The van der Waals surface area contributed by atoms with Crippen LogP contribution < -0.4 is 15.4 Å². The molecule has 1 aromatic carbocycles. The van der Waals surface area contributed by atoms with Crippen LogP contribution in [0.2, 0.25) is 0 Å². The van der Waals surface area contributed by atoms with Crippen LogP contribution in [0.5, 0.6) is 5.75 Å². The normalized spacial score (nSPS) is 17.8. The molecule has 0 radical (unpaired) electrons. The summed E-state index contributed by atoms with van der Waals surface area (Å²) >= 11 is 0. The summed E-state index contributed by atoms with van der Waals surface area (Å²) < 4.78 is 11.5. The Morgan fingerprint density at radius 1 is 1.27 bits per heavy atom. The smallest absolute Gasteiger partial charge is 0.216 e. The van der Waals surface area contributed by atoms with Crippen molar-refractivity contribution in [2.45, 2.75) is 45.3 Å². The van der Waals surface area contributed by atoms with Crippen LogP contribution in [-0.2, 0) is 6.42 Å². The van der Waals surface area contributed by atoms with Gasteiger partial charge in [-0.05, 0) is 39.0 Å². The average Bonchev–Trinajstić information content (AvgIpc) is 3.39.